The van der Waals surface area contributed by atoms with Crippen molar-refractivity contribution in [1.29, 1.82) is 0 Å². The Balaban J connectivity index is 1.24. The molecule has 0 atom stereocenters. The van der Waals surface area contributed by atoms with Gasteiger partial charge in [0.25, 0.3) is 0 Å². The molecule has 0 amide bonds. The number of nitrogens with one attached hydrogen (secondary N) is 1. The molecule has 208 valence electrons. The van der Waals surface area contributed by atoms with Gasteiger partial charge in [-0.25, -0.2) is 4.39 Å². The quantitative estimate of drug-likeness (QED) is 0.111. The number of rotatable bonds is 13. The Morgan fingerprint density at radius 1 is 0.927 bits per heavy atom. The number of pyridine rings is 1. The Hall–Kier alpha value is -3.78. The molecule has 0 aliphatic rings. The fourth-order valence-corrected chi connectivity index (χ4v) is 5.98. The average molecular weight is 583 g/mol. The van der Waals surface area contributed by atoms with Crippen molar-refractivity contribution in [3.63, 3.8) is 0 Å². The zero-order chi connectivity index (χ0) is 28.6. The van der Waals surface area contributed by atoms with Crippen LogP contribution in [0.25, 0.3) is 20.7 Å². The van der Waals surface area contributed by atoms with Crippen LogP contribution in [0.1, 0.15) is 36.5 Å². The molecule has 0 bridgehead atoms. The SMILES string of the molecule is CCCNCc1ccc(-c2cc3nccc(Oc4ccc(CC(=S)CC(=O)Cc5ccccc5)cc4F)c3s2)cc1. The van der Waals surface area contributed by atoms with E-state index >= 15 is 4.39 Å². The Kier molecular flexibility index (Phi) is 9.62. The standard InChI is InChI=1S/C34H31FN2O2S2/c1-2-15-36-22-24-8-11-26(12-9-24)33-21-30-34(41-33)32(14-16-37-30)39-31-13-10-25(19-29(31)35)18-28(40)20-27(38)17-23-6-4-3-5-7-23/h3-14,16,19,21,36H,2,15,17-18,20,22H2,1H3. The molecule has 0 radical (unpaired) electrons. The Bertz CT molecular complexity index is 1650. The third-order valence-corrected chi connectivity index (χ3v) is 8.10. The minimum Gasteiger partial charge on any atom is -0.453 e. The fourth-order valence-electron chi connectivity index (χ4n) is 4.59. The van der Waals surface area contributed by atoms with Crippen molar-refractivity contribution in [2.45, 2.75) is 39.2 Å². The van der Waals surface area contributed by atoms with Gasteiger partial charge in [-0.05, 0) is 53.4 Å². The first kappa shape index (κ1) is 28.7. The van der Waals surface area contributed by atoms with Gasteiger partial charge < -0.3 is 10.1 Å². The van der Waals surface area contributed by atoms with Gasteiger partial charge in [0.15, 0.2) is 11.6 Å². The summed E-state index contributed by atoms with van der Waals surface area (Å²) < 4.78 is 22.0. The Morgan fingerprint density at radius 3 is 2.46 bits per heavy atom. The van der Waals surface area contributed by atoms with Crippen LogP contribution >= 0.6 is 23.6 Å². The number of hydrogen-bond donors (Lipinski definition) is 1. The maximum absolute atomic E-state index is 15.1. The minimum atomic E-state index is -0.477. The van der Waals surface area contributed by atoms with Crippen molar-refractivity contribution in [1.82, 2.24) is 10.3 Å². The molecule has 4 nitrogen and oxygen atoms in total. The van der Waals surface area contributed by atoms with Gasteiger partial charge in [-0.2, -0.15) is 0 Å². The molecular weight excluding hydrogens is 552 g/mol. The fraction of sp³-hybridized carbons (Fsp3) is 0.206. The lowest BCUT2D eigenvalue weighted by molar-refractivity contribution is -0.117. The van der Waals surface area contributed by atoms with E-state index in [9.17, 15) is 4.79 Å². The lowest BCUT2D eigenvalue weighted by Gasteiger charge is -2.10. The van der Waals surface area contributed by atoms with Crippen LogP contribution in [0.2, 0.25) is 0 Å². The van der Waals surface area contributed by atoms with Gasteiger partial charge in [0.05, 0.1) is 10.2 Å². The highest BCUT2D eigenvalue weighted by Crippen LogP contribution is 2.39. The topological polar surface area (TPSA) is 51.2 Å². The number of carbonyl (C=O) groups excluding carboxylic acids is 1. The van der Waals surface area contributed by atoms with Crippen LogP contribution in [0.15, 0.2) is 91.1 Å². The van der Waals surface area contributed by atoms with Crippen molar-refractivity contribution in [2.75, 3.05) is 6.54 Å². The summed E-state index contributed by atoms with van der Waals surface area (Å²) in [7, 11) is 0. The number of carbonyl (C=O) groups is 1. The minimum absolute atomic E-state index is 0.0542. The predicted octanol–water partition coefficient (Wildman–Crippen LogP) is 8.51. The maximum atomic E-state index is 15.1. The van der Waals surface area contributed by atoms with E-state index in [0.29, 0.717) is 29.0 Å². The molecule has 0 aliphatic heterocycles. The number of aromatic nitrogens is 1. The smallest absolute Gasteiger partial charge is 0.166 e. The van der Waals surface area contributed by atoms with Crippen LogP contribution < -0.4 is 10.1 Å². The summed E-state index contributed by atoms with van der Waals surface area (Å²) in [6.45, 7) is 4.01. The van der Waals surface area contributed by atoms with Crippen molar-refractivity contribution < 1.29 is 13.9 Å². The molecule has 0 aliphatic carbocycles. The number of Topliss-reactive ketones (excluding diaryl/α,β-unsaturated/α-hetero) is 1. The second-order valence-corrected chi connectivity index (χ2v) is 11.6. The molecule has 0 saturated heterocycles. The molecule has 2 heterocycles. The zero-order valence-corrected chi connectivity index (χ0v) is 24.5. The molecule has 0 fully saturated rings. The van der Waals surface area contributed by atoms with Gasteiger partial charge in [0, 0.05) is 47.8 Å². The van der Waals surface area contributed by atoms with Crippen LogP contribution in [0, 0.1) is 5.82 Å². The summed E-state index contributed by atoms with van der Waals surface area (Å²) in [4.78, 5) is 18.6. The highest BCUT2D eigenvalue weighted by Gasteiger charge is 2.14. The van der Waals surface area contributed by atoms with Gasteiger partial charge in [-0.15, -0.1) is 11.3 Å². The van der Waals surface area contributed by atoms with E-state index < -0.39 is 5.82 Å². The first-order valence-electron chi connectivity index (χ1n) is 13.7. The Labute approximate surface area is 249 Å². The second-order valence-electron chi connectivity index (χ2n) is 9.97. The van der Waals surface area contributed by atoms with E-state index in [1.807, 2.05) is 36.4 Å². The lowest BCUT2D eigenvalue weighted by atomic mass is 10.0. The predicted molar refractivity (Wildman–Crippen MR) is 170 cm³/mol. The number of benzene rings is 3. The van der Waals surface area contributed by atoms with E-state index in [4.69, 9.17) is 17.0 Å². The van der Waals surface area contributed by atoms with Crippen LogP contribution in [0.3, 0.4) is 0 Å². The largest absolute Gasteiger partial charge is 0.453 e. The van der Waals surface area contributed by atoms with Crippen molar-refractivity contribution in [2.24, 2.45) is 0 Å². The number of ether oxygens (including phenoxy) is 1. The molecule has 0 unspecified atom stereocenters. The van der Waals surface area contributed by atoms with Crippen molar-refractivity contribution in [3.05, 3.63) is 114 Å². The third-order valence-electron chi connectivity index (χ3n) is 6.63. The van der Waals surface area contributed by atoms with Crippen molar-refractivity contribution in [3.8, 4) is 21.9 Å². The summed E-state index contributed by atoms with van der Waals surface area (Å²) in [5.41, 5.74) is 4.82. The van der Waals surface area contributed by atoms with Gasteiger partial charge >= 0.3 is 0 Å². The highest BCUT2D eigenvalue weighted by molar-refractivity contribution is 7.80. The van der Waals surface area contributed by atoms with Crippen LogP contribution in [0.4, 0.5) is 4.39 Å². The lowest BCUT2D eigenvalue weighted by Crippen LogP contribution is -2.13. The second kappa shape index (κ2) is 13.7. The summed E-state index contributed by atoms with van der Waals surface area (Å²) in [5, 5.41) is 3.42. The number of nitrogens with zero attached hydrogens (tertiary/aromatic N) is 1. The summed E-state index contributed by atoms with van der Waals surface area (Å²) in [6, 6.07) is 26.7. The van der Waals surface area contributed by atoms with Gasteiger partial charge in [0.2, 0.25) is 0 Å². The van der Waals surface area contributed by atoms with Gasteiger partial charge in [0.1, 0.15) is 11.5 Å². The number of hydrogen-bond acceptors (Lipinski definition) is 6. The molecule has 5 aromatic rings. The Morgan fingerprint density at radius 2 is 1.71 bits per heavy atom. The molecule has 0 saturated carbocycles. The van der Waals surface area contributed by atoms with E-state index in [2.05, 4.69) is 41.5 Å². The molecule has 1 N–H and O–H groups in total. The maximum Gasteiger partial charge on any atom is 0.166 e. The monoisotopic (exact) mass is 582 g/mol. The molecule has 3 aromatic carbocycles. The number of ketones is 1. The molecule has 0 spiro atoms. The van der Waals surface area contributed by atoms with Crippen LogP contribution in [0.5, 0.6) is 11.5 Å². The highest BCUT2D eigenvalue weighted by atomic mass is 32.1. The number of thiocarbonyl (C=S) groups is 1. The van der Waals surface area contributed by atoms with Crippen LogP contribution in [-0.4, -0.2) is 22.2 Å². The van der Waals surface area contributed by atoms with Gasteiger partial charge in [-0.1, -0.05) is 79.8 Å². The molecule has 7 heteroatoms. The first-order chi connectivity index (χ1) is 20.0. The summed E-state index contributed by atoms with van der Waals surface area (Å²) in [5.74, 6) is 0.264. The molecule has 41 heavy (non-hydrogen) atoms. The summed E-state index contributed by atoms with van der Waals surface area (Å²) in [6.07, 6.45) is 3.67. The van der Waals surface area contributed by atoms with E-state index in [-0.39, 0.29) is 18.0 Å². The third kappa shape index (κ3) is 7.70. The van der Waals surface area contributed by atoms with E-state index in [1.165, 1.54) is 11.6 Å². The molecule has 5 rings (SSSR count). The average Bonchev–Trinajstić information content (AvgIpc) is 3.41. The van der Waals surface area contributed by atoms with Gasteiger partial charge in [-0.3, -0.25) is 9.78 Å². The molecule has 2 aromatic heterocycles. The number of thiophene rings is 1. The zero-order valence-electron chi connectivity index (χ0n) is 22.9. The van der Waals surface area contributed by atoms with Crippen LogP contribution in [-0.2, 0) is 24.2 Å². The normalized spacial score (nSPS) is 11.1. The summed E-state index contributed by atoms with van der Waals surface area (Å²) >= 11 is 7.03. The number of halogens is 1. The first-order valence-corrected chi connectivity index (χ1v) is 14.9. The van der Waals surface area contributed by atoms with E-state index in [0.717, 1.165) is 45.7 Å². The molecular formula is C34H31FN2O2S2. The van der Waals surface area contributed by atoms with Crippen molar-refractivity contribution >= 4 is 44.4 Å². The number of fused-ring (bicyclic) bond motifs is 1. The van der Waals surface area contributed by atoms with E-state index in [1.54, 1.807) is 35.7 Å².